The van der Waals surface area contributed by atoms with Crippen LogP contribution in [-0.4, -0.2) is 96.4 Å². The van der Waals surface area contributed by atoms with Crippen molar-refractivity contribution in [2.45, 2.75) is 0 Å². The largest absolute Gasteiger partial charge is 3.00 e. The predicted octanol–water partition coefficient (Wildman–Crippen LogP) is -10.6. The van der Waals surface area contributed by atoms with E-state index in [2.05, 4.69) is 0 Å². The minimum atomic E-state index is -5.17. The molecule has 0 rings (SSSR count). The molecule has 0 atom stereocenters. The van der Waals surface area contributed by atoms with Crippen LogP contribution in [0, 0.1) is 75.5 Å². The zero-order valence-electron chi connectivity index (χ0n) is 10.7. The Bertz CT molecular complexity index is 344. The Hall–Kier alpha value is 1.81. The molecule has 0 bridgehead atoms. The zero-order chi connectivity index (χ0) is 13.5. The van der Waals surface area contributed by atoms with Crippen molar-refractivity contribution in [3.8, 4) is 0 Å². The summed E-state index contributed by atoms with van der Waals surface area (Å²) in [7, 11) is -15.5. The Morgan fingerprint density at radius 1 is 0.320 bits per heavy atom. The smallest absolute Gasteiger partial charge is 0.759 e. The molecule has 0 spiro atoms. The third-order valence-corrected chi connectivity index (χ3v) is 0. The molecule has 176 valence electrons. The summed E-state index contributed by atoms with van der Waals surface area (Å²) in [5.41, 5.74) is 0. The normalized spacial score (nSPS) is 6.96. The van der Waals surface area contributed by atoms with E-state index in [4.69, 9.17) is 52.6 Å². The third-order valence-electron chi connectivity index (χ3n) is 0. The fourth-order valence-electron chi connectivity index (χ4n) is 0. The summed E-state index contributed by atoms with van der Waals surface area (Å²) in [4.78, 5) is 0. The SMILES string of the molecule is O.O.O.O.O.O.O.O.O=S(=O)([O-])[O-].O=S(=O)([O-])[O-].O=S(=O)([O-])[O-].[Ho+3].[Ho+3]. The molecule has 25 heteroatoms. The molecule has 0 radical (unpaired) electrons. The third kappa shape index (κ3) is 4470. The van der Waals surface area contributed by atoms with Crippen molar-refractivity contribution in [1.29, 1.82) is 0 Å². The Kier molecular flexibility index (Phi) is 152. The van der Waals surface area contributed by atoms with Crippen LogP contribution in [0.2, 0.25) is 0 Å². The first-order chi connectivity index (χ1) is 6.00. The molecule has 16 N–H and O–H groups in total. The van der Waals surface area contributed by atoms with Crippen LogP contribution >= 0.6 is 0 Å². The molecule has 0 heterocycles. The van der Waals surface area contributed by atoms with Crippen LogP contribution in [0.15, 0.2) is 0 Å². The van der Waals surface area contributed by atoms with Crippen LogP contribution in [0.25, 0.3) is 0 Å². The van der Waals surface area contributed by atoms with Gasteiger partial charge in [-0.2, -0.15) is 0 Å². The Balaban J connectivity index is -0.00000000655. The summed E-state index contributed by atoms with van der Waals surface area (Å²) in [5, 5.41) is 0. The first-order valence-corrected chi connectivity index (χ1v) is 6.00. The minimum absolute atomic E-state index is 0. The van der Waals surface area contributed by atoms with E-state index in [0.717, 1.165) is 0 Å². The standard InChI is InChI=1S/2Ho.3H2O4S.8H2O/c;;3*1-5(2,3)4;;;;;;;;/h;;3*(H2,1,2,3,4);8*1H2/q2*+3;;;;;;;;;;;/p-6. The maximum absolute atomic E-state index is 8.52. The van der Waals surface area contributed by atoms with Crippen molar-refractivity contribution in [1.82, 2.24) is 0 Å². The fraction of sp³-hybridized carbons (Fsp3) is 0. The van der Waals surface area contributed by atoms with Gasteiger partial charge in [0.15, 0.2) is 0 Å². The second-order valence-electron chi connectivity index (χ2n) is 1.22. The van der Waals surface area contributed by atoms with Crippen LogP contribution in [0.1, 0.15) is 0 Å². The monoisotopic (exact) mass is 762 g/mol. The van der Waals surface area contributed by atoms with Gasteiger partial charge in [-0.25, -0.2) is 0 Å². The summed E-state index contributed by atoms with van der Waals surface area (Å²) in [6.07, 6.45) is 0. The van der Waals surface area contributed by atoms with Gasteiger partial charge in [0.1, 0.15) is 0 Å². The Morgan fingerprint density at radius 3 is 0.320 bits per heavy atom. The summed E-state index contributed by atoms with van der Waals surface area (Å²) >= 11 is 0. The molecule has 0 amide bonds. The van der Waals surface area contributed by atoms with Gasteiger partial charge in [0.05, 0.1) is 0 Å². The maximum atomic E-state index is 8.52. The molecular formula is H16Ho2O20S3. The second-order valence-corrected chi connectivity index (χ2v) is 3.67. The molecule has 0 aliphatic rings. The van der Waals surface area contributed by atoms with Crippen molar-refractivity contribution in [3.63, 3.8) is 0 Å². The molecule has 0 fully saturated rings. The number of hydrogen-bond acceptors (Lipinski definition) is 12. The first kappa shape index (κ1) is 93.6. The van der Waals surface area contributed by atoms with Crippen molar-refractivity contribution in [3.05, 3.63) is 0 Å². The number of hydrogen-bond donors (Lipinski definition) is 0. The van der Waals surface area contributed by atoms with Crippen LogP contribution in [0.5, 0.6) is 0 Å². The molecular weight excluding hydrogens is 746 g/mol. The van der Waals surface area contributed by atoms with Crippen molar-refractivity contribution < 1.29 is 172 Å². The number of rotatable bonds is 0. The molecule has 0 aromatic heterocycles. The second kappa shape index (κ2) is 40.5. The van der Waals surface area contributed by atoms with E-state index in [1.807, 2.05) is 0 Å². The van der Waals surface area contributed by atoms with Crippen LogP contribution < -0.4 is 0 Å². The van der Waals surface area contributed by atoms with Gasteiger partial charge in [0.25, 0.3) is 0 Å². The van der Waals surface area contributed by atoms with Crippen LogP contribution in [0.4, 0.5) is 0 Å². The molecule has 25 heavy (non-hydrogen) atoms. The first-order valence-electron chi connectivity index (χ1n) is 2.00. The van der Waals surface area contributed by atoms with E-state index in [1.54, 1.807) is 0 Å². The van der Waals surface area contributed by atoms with Gasteiger partial charge in [-0.1, -0.05) is 0 Å². The Morgan fingerprint density at radius 2 is 0.320 bits per heavy atom. The van der Waals surface area contributed by atoms with Gasteiger partial charge in [-0.15, -0.1) is 0 Å². The maximum Gasteiger partial charge on any atom is 3.00 e. The predicted molar refractivity (Wildman–Crippen MR) is 60.3 cm³/mol. The molecule has 0 aromatic carbocycles. The van der Waals surface area contributed by atoms with Gasteiger partial charge in [-0.05, 0) is 0 Å². The molecule has 20 nitrogen and oxygen atoms in total. The average molecular weight is 762 g/mol. The van der Waals surface area contributed by atoms with E-state index < -0.39 is 31.2 Å². The summed E-state index contributed by atoms with van der Waals surface area (Å²) in [6, 6.07) is 0. The molecule has 0 unspecified atom stereocenters. The topological polar surface area (TPSA) is 493 Å². The molecule has 0 aliphatic carbocycles. The van der Waals surface area contributed by atoms with Gasteiger partial charge < -0.3 is 71.1 Å². The van der Waals surface area contributed by atoms with Gasteiger partial charge in [-0.3, -0.25) is 25.3 Å². The quantitative estimate of drug-likeness (QED) is 0.126. The van der Waals surface area contributed by atoms with Gasteiger partial charge in [0, 0.05) is 31.2 Å². The van der Waals surface area contributed by atoms with E-state index in [1.165, 1.54) is 0 Å². The van der Waals surface area contributed by atoms with E-state index in [0.29, 0.717) is 0 Å². The van der Waals surface area contributed by atoms with Crippen molar-refractivity contribution in [2.75, 3.05) is 0 Å². The summed E-state index contributed by atoms with van der Waals surface area (Å²) in [5.74, 6) is 0. The molecule has 0 saturated carbocycles. The van der Waals surface area contributed by atoms with E-state index in [9.17, 15) is 0 Å². The summed E-state index contributed by atoms with van der Waals surface area (Å²) < 4.78 is 102. The fourth-order valence-corrected chi connectivity index (χ4v) is 0. The molecule has 0 saturated heterocycles. The van der Waals surface area contributed by atoms with E-state index >= 15 is 0 Å². The van der Waals surface area contributed by atoms with Crippen molar-refractivity contribution in [2.24, 2.45) is 0 Å². The minimum Gasteiger partial charge on any atom is -0.759 e. The van der Waals surface area contributed by atoms with Crippen LogP contribution in [-0.2, 0) is 31.2 Å². The van der Waals surface area contributed by atoms with Crippen LogP contribution in [0.3, 0.4) is 0 Å². The van der Waals surface area contributed by atoms with E-state index in [-0.39, 0.29) is 119 Å². The molecule has 0 aliphatic heterocycles. The van der Waals surface area contributed by atoms with Gasteiger partial charge >= 0.3 is 75.5 Å². The average Bonchev–Trinajstić information content (AvgIpc) is 1.41. The summed E-state index contributed by atoms with van der Waals surface area (Å²) in [6.45, 7) is 0. The zero-order valence-corrected chi connectivity index (χ0v) is 17.0. The molecule has 0 aromatic rings. The van der Waals surface area contributed by atoms with Crippen molar-refractivity contribution >= 4 is 31.2 Å². The van der Waals surface area contributed by atoms with Gasteiger partial charge in [0.2, 0.25) is 0 Å². The Labute approximate surface area is 200 Å².